The van der Waals surface area contributed by atoms with E-state index in [1.165, 1.54) is 257 Å². The number of hydrogen-bond acceptors (Lipinski definition) is 10. The lowest BCUT2D eigenvalue weighted by Crippen LogP contribution is -2.60. The van der Waals surface area contributed by atoms with Gasteiger partial charge in [0.05, 0.1) is 25.4 Å². The van der Waals surface area contributed by atoms with E-state index in [4.69, 9.17) is 9.47 Å². The number of aliphatic hydroxyl groups excluding tert-OH is 7. The monoisotopic (exact) mass is 1100 g/mol. The van der Waals surface area contributed by atoms with Gasteiger partial charge < -0.3 is 50.5 Å². The maximum Gasteiger partial charge on any atom is 0.249 e. The lowest BCUT2D eigenvalue weighted by molar-refractivity contribution is -0.303. The predicted molar refractivity (Wildman–Crippen MR) is 321 cm³/mol. The van der Waals surface area contributed by atoms with Crippen LogP contribution in [0.5, 0.6) is 0 Å². The summed E-state index contributed by atoms with van der Waals surface area (Å²) in [5, 5.41) is 76.4. The molecule has 458 valence electrons. The van der Waals surface area contributed by atoms with Crippen molar-refractivity contribution in [2.24, 2.45) is 0 Å². The van der Waals surface area contributed by atoms with Crippen LogP contribution in [0.3, 0.4) is 0 Å². The molecule has 0 aliphatic carbocycles. The van der Waals surface area contributed by atoms with Gasteiger partial charge in [0.25, 0.3) is 0 Å². The van der Waals surface area contributed by atoms with Crippen molar-refractivity contribution >= 4 is 5.91 Å². The van der Waals surface area contributed by atoms with Gasteiger partial charge in [0, 0.05) is 0 Å². The number of aliphatic hydroxyl groups is 7. The Kier molecular flexibility index (Phi) is 53.1. The molecule has 1 fully saturated rings. The number of hydrogen-bond donors (Lipinski definition) is 8. The highest BCUT2D eigenvalue weighted by Gasteiger charge is 2.44. The van der Waals surface area contributed by atoms with Crippen LogP contribution >= 0.6 is 0 Å². The largest absolute Gasteiger partial charge is 0.394 e. The Bertz CT molecular complexity index is 1260. The second-order valence-electron chi connectivity index (χ2n) is 23.9. The number of carbonyl (C=O) groups is 1. The molecular weight excluding hydrogens is 967 g/mol. The normalized spacial score (nSPS) is 19.5. The molecule has 8 N–H and O–H groups in total. The maximum absolute atomic E-state index is 13.2. The molecule has 9 atom stereocenters. The van der Waals surface area contributed by atoms with Gasteiger partial charge in [-0.15, -0.1) is 0 Å². The number of nitrogens with one attached hydrogen (secondary N) is 1. The molecule has 0 aromatic carbocycles. The van der Waals surface area contributed by atoms with Gasteiger partial charge >= 0.3 is 0 Å². The van der Waals surface area contributed by atoms with Gasteiger partial charge in [0.15, 0.2) is 6.29 Å². The van der Waals surface area contributed by atoms with Gasteiger partial charge in [-0.1, -0.05) is 309 Å². The number of ether oxygens (including phenoxy) is 2. The molecule has 11 heteroatoms. The van der Waals surface area contributed by atoms with Crippen LogP contribution in [0.15, 0.2) is 12.2 Å². The first-order valence-electron chi connectivity index (χ1n) is 33.6. The van der Waals surface area contributed by atoms with Crippen molar-refractivity contribution in [1.82, 2.24) is 5.32 Å². The van der Waals surface area contributed by atoms with E-state index in [-0.39, 0.29) is 12.8 Å². The minimum absolute atomic E-state index is 0.260. The number of unbranched alkanes of at least 4 members (excludes halogenated alkanes) is 45. The van der Waals surface area contributed by atoms with Gasteiger partial charge in [0.2, 0.25) is 5.91 Å². The van der Waals surface area contributed by atoms with E-state index in [0.717, 1.165) is 38.5 Å². The molecule has 0 aromatic rings. The molecule has 77 heavy (non-hydrogen) atoms. The fourth-order valence-corrected chi connectivity index (χ4v) is 11.2. The van der Waals surface area contributed by atoms with Crippen molar-refractivity contribution in [1.29, 1.82) is 0 Å². The zero-order chi connectivity index (χ0) is 56.1. The van der Waals surface area contributed by atoms with Crippen molar-refractivity contribution in [3.05, 3.63) is 12.2 Å². The third-order valence-electron chi connectivity index (χ3n) is 16.6. The molecule has 0 spiro atoms. The summed E-state index contributed by atoms with van der Waals surface area (Å²) in [6, 6.07) is -1.18. The van der Waals surface area contributed by atoms with Gasteiger partial charge in [-0.3, -0.25) is 4.79 Å². The Morgan fingerprint density at radius 2 is 0.766 bits per heavy atom. The maximum atomic E-state index is 13.2. The lowest BCUT2D eigenvalue weighted by Gasteiger charge is -2.40. The summed E-state index contributed by atoms with van der Waals surface area (Å²) in [6.45, 7) is 3.50. The van der Waals surface area contributed by atoms with Crippen LogP contribution in [-0.2, 0) is 14.3 Å². The Balaban J connectivity index is 2.24. The molecule has 1 heterocycles. The van der Waals surface area contributed by atoms with Gasteiger partial charge in [0.1, 0.15) is 36.6 Å². The minimum Gasteiger partial charge on any atom is -0.394 e. The number of rotatable bonds is 59. The zero-order valence-corrected chi connectivity index (χ0v) is 50.5. The van der Waals surface area contributed by atoms with Crippen molar-refractivity contribution in [3.8, 4) is 0 Å². The molecule has 1 aliphatic rings. The van der Waals surface area contributed by atoms with E-state index >= 15 is 0 Å². The summed E-state index contributed by atoms with van der Waals surface area (Å²) >= 11 is 0. The molecule has 11 nitrogen and oxygen atoms in total. The van der Waals surface area contributed by atoms with Crippen LogP contribution in [0, 0.1) is 0 Å². The van der Waals surface area contributed by atoms with E-state index < -0.39 is 74.2 Å². The average molecular weight is 1100 g/mol. The molecule has 1 saturated heterocycles. The first-order chi connectivity index (χ1) is 37.7. The van der Waals surface area contributed by atoms with E-state index in [1.54, 1.807) is 0 Å². The van der Waals surface area contributed by atoms with Crippen molar-refractivity contribution in [3.63, 3.8) is 0 Å². The van der Waals surface area contributed by atoms with Crippen molar-refractivity contribution < 1.29 is 50.0 Å². The highest BCUT2D eigenvalue weighted by Crippen LogP contribution is 2.24. The fourth-order valence-electron chi connectivity index (χ4n) is 11.2. The van der Waals surface area contributed by atoms with Gasteiger partial charge in [-0.05, 0) is 38.5 Å². The van der Waals surface area contributed by atoms with Gasteiger partial charge in [-0.25, -0.2) is 0 Å². The third-order valence-corrected chi connectivity index (χ3v) is 16.6. The molecule has 1 rings (SSSR count). The summed E-state index contributed by atoms with van der Waals surface area (Å²) in [4.78, 5) is 13.2. The first kappa shape index (κ1) is 73.9. The third kappa shape index (κ3) is 43.2. The summed E-state index contributed by atoms with van der Waals surface area (Å²) in [5.74, 6) is -0.698. The Morgan fingerprint density at radius 3 is 1.12 bits per heavy atom. The van der Waals surface area contributed by atoms with Gasteiger partial charge in [-0.2, -0.15) is 0 Å². The van der Waals surface area contributed by atoms with Crippen LogP contribution in [0.4, 0.5) is 0 Å². The second-order valence-corrected chi connectivity index (χ2v) is 23.9. The Hall–Kier alpha value is -1.15. The summed E-state index contributed by atoms with van der Waals surface area (Å²) in [6.07, 6.45) is 55.7. The van der Waals surface area contributed by atoms with Crippen molar-refractivity contribution in [2.75, 3.05) is 13.2 Å². The molecule has 0 aromatic heterocycles. The minimum atomic E-state index is -1.67. The topological polar surface area (TPSA) is 189 Å². The highest BCUT2D eigenvalue weighted by atomic mass is 16.7. The standard InChI is InChI=1S/C66H129NO10/c1-3-5-7-9-11-13-15-17-19-21-23-25-27-28-29-30-32-33-35-37-39-41-43-45-47-49-51-53-58(69)61(71)57(56-76-66-64(74)63(73)62(72)60(55-68)77-66)67-65(75)59(70)54-52-50-48-46-44-42-40-38-36-34-31-26-24-22-20-18-16-14-12-10-8-6-4-2/h45,47,57-64,66,68-74H,3-44,46,48-56H2,1-2H3,(H,67,75)/b47-45+. The smallest absolute Gasteiger partial charge is 0.249 e. The molecular formula is C66H129NO10. The van der Waals surface area contributed by atoms with E-state index in [9.17, 15) is 40.5 Å². The summed E-state index contributed by atoms with van der Waals surface area (Å²) in [7, 11) is 0. The molecule has 1 amide bonds. The lowest BCUT2D eigenvalue weighted by atomic mass is 9.98. The van der Waals surface area contributed by atoms with Crippen LogP contribution < -0.4 is 5.32 Å². The van der Waals surface area contributed by atoms with Crippen LogP contribution in [0.2, 0.25) is 0 Å². The number of carbonyl (C=O) groups excluding carboxylic acids is 1. The second kappa shape index (κ2) is 55.4. The number of allylic oxidation sites excluding steroid dienone is 2. The summed E-state index contributed by atoms with van der Waals surface area (Å²) in [5.41, 5.74) is 0. The Morgan fingerprint density at radius 1 is 0.442 bits per heavy atom. The fraction of sp³-hybridized carbons (Fsp3) is 0.955. The van der Waals surface area contributed by atoms with Crippen molar-refractivity contribution in [2.45, 2.75) is 390 Å². The SMILES string of the molecule is CCCCCCCCCCCCCCCCCCCCCCCC/C=C/CCCC(O)C(O)C(COC1OC(CO)C(O)C(O)C1O)NC(=O)C(O)CCCCCCCCCCCCCCCCCCCCCCCCC. The van der Waals surface area contributed by atoms with Crippen LogP contribution in [-0.4, -0.2) is 110 Å². The van der Waals surface area contributed by atoms with E-state index in [2.05, 4.69) is 31.3 Å². The van der Waals surface area contributed by atoms with E-state index in [1.807, 2.05) is 0 Å². The summed E-state index contributed by atoms with van der Waals surface area (Å²) < 4.78 is 11.2. The average Bonchev–Trinajstić information content (AvgIpc) is 3.43. The molecule has 0 radical (unpaired) electrons. The van der Waals surface area contributed by atoms with Crippen LogP contribution in [0.25, 0.3) is 0 Å². The molecule has 9 unspecified atom stereocenters. The van der Waals surface area contributed by atoms with E-state index in [0.29, 0.717) is 12.8 Å². The quantitative estimate of drug-likeness (QED) is 0.0215. The first-order valence-corrected chi connectivity index (χ1v) is 33.6. The predicted octanol–water partition coefficient (Wildman–Crippen LogP) is 15.5. The molecule has 0 saturated carbocycles. The number of amides is 1. The zero-order valence-electron chi connectivity index (χ0n) is 50.5. The highest BCUT2D eigenvalue weighted by molar-refractivity contribution is 5.80. The van der Waals surface area contributed by atoms with Crippen LogP contribution in [0.1, 0.15) is 335 Å². The molecule has 1 aliphatic heterocycles. The Labute approximate surface area is 474 Å². The molecule has 0 bridgehead atoms.